The van der Waals surface area contributed by atoms with Crippen LogP contribution in [0.1, 0.15) is 19.4 Å². The first-order valence-electron chi connectivity index (χ1n) is 4.55. The molecule has 14 heavy (non-hydrogen) atoms. The van der Waals surface area contributed by atoms with E-state index in [-0.39, 0.29) is 6.10 Å². The lowest BCUT2D eigenvalue weighted by Gasteiger charge is -2.14. The van der Waals surface area contributed by atoms with Gasteiger partial charge in [-0.3, -0.25) is 0 Å². The van der Waals surface area contributed by atoms with E-state index < -0.39 is 0 Å². The first kappa shape index (κ1) is 11.4. The zero-order valence-corrected chi connectivity index (χ0v) is 10.5. The van der Waals surface area contributed by atoms with Crippen LogP contribution >= 0.6 is 15.9 Å². The van der Waals surface area contributed by atoms with Gasteiger partial charge in [-0.1, -0.05) is 0 Å². The highest BCUT2D eigenvalue weighted by Crippen LogP contribution is 2.32. The van der Waals surface area contributed by atoms with Crippen LogP contribution in [0.15, 0.2) is 16.6 Å². The number of hydrogen-bond donors (Lipinski definition) is 0. The summed E-state index contributed by atoms with van der Waals surface area (Å²) in [5.74, 6) is 1.67. The molecular formula is C11H15BrO2. The Kier molecular flexibility index (Phi) is 3.81. The number of methoxy groups -OCH3 is 1. The minimum Gasteiger partial charge on any atom is -0.496 e. The summed E-state index contributed by atoms with van der Waals surface area (Å²) in [5.41, 5.74) is 1.09. The smallest absolute Gasteiger partial charge is 0.137 e. The maximum Gasteiger partial charge on any atom is 0.137 e. The average molecular weight is 259 g/mol. The third-order valence-electron chi connectivity index (χ3n) is 1.81. The van der Waals surface area contributed by atoms with Crippen molar-refractivity contribution in [2.45, 2.75) is 26.9 Å². The van der Waals surface area contributed by atoms with Gasteiger partial charge < -0.3 is 9.47 Å². The summed E-state index contributed by atoms with van der Waals surface area (Å²) in [5, 5.41) is 0. The third kappa shape index (κ3) is 2.64. The maximum absolute atomic E-state index is 5.62. The topological polar surface area (TPSA) is 18.5 Å². The highest BCUT2D eigenvalue weighted by Gasteiger charge is 2.08. The first-order valence-corrected chi connectivity index (χ1v) is 5.34. The van der Waals surface area contributed by atoms with Crippen molar-refractivity contribution in [3.63, 3.8) is 0 Å². The molecule has 0 aromatic heterocycles. The highest BCUT2D eigenvalue weighted by atomic mass is 79.9. The van der Waals surface area contributed by atoms with Crippen LogP contribution in [-0.2, 0) is 0 Å². The van der Waals surface area contributed by atoms with Crippen molar-refractivity contribution in [1.82, 2.24) is 0 Å². The molecule has 0 saturated carbocycles. The molecule has 1 aromatic rings. The Hall–Kier alpha value is -0.700. The fourth-order valence-electron chi connectivity index (χ4n) is 1.20. The second-order valence-electron chi connectivity index (χ2n) is 3.42. The molecule has 0 aliphatic carbocycles. The van der Waals surface area contributed by atoms with Gasteiger partial charge in [0.25, 0.3) is 0 Å². The van der Waals surface area contributed by atoms with Crippen LogP contribution in [0.5, 0.6) is 11.5 Å². The average Bonchev–Trinajstić information content (AvgIpc) is 2.09. The Balaban J connectivity index is 3.04. The second kappa shape index (κ2) is 4.69. The quantitative estimate of drug-likeness (QED) is 0.826. The minimum absolute atomic E-state index is 0.165. The van der Waals surface area contributed by atoms with Gasteiger partial charge in [0.05, 0.1) is 17.7 Å². The molecule has 0 aliphatic rings. The zero-order chi connectivity index (χ0) is 10.7. The van der Waals surface area contributed by atoms with Gasteiger partial charge in [0.1, 0.15) is 11.5 Å². The van der Waals surface area contributed by atoms with Crippen molar-refractivity contribution >= 4 is 15.9 Å². The van der Waals surface area contributed by atoms with E-state index in [1.54, 1.807) is 7.11 Å². The second-order valence-corrected chi connectivity index (χ2v) is 4.27. The standard InChI is InChI=1S/C11H15BrO2/c1-7(2)14-11-6-10(13-4)8(3)5-9(11)12/h5-7H,1-4H3. The fraction of sp³-hybridized carbons (Fsp3) is 0.455. The van der Waals surface area contributed by atoms with Crippen molar-refractivity contribution < 1.29 is 9.47 Å². The number of benzene rings is 1. The van der Waals surface area contributed by atoms with E-state index in [2.05, 4.69) is 15.9 Å². The molecule has 1 rings (SSSR count). The molecule has 2 nitrogen and oxygen atoms in total. The molecule has 0 saturated heterocycles. The number of ether oxygens (including phenoxy) is 2. The zero-order valence-electron chi connectivity index (χ0n) is 8.93. The Morgan fingerprint density at radius 1 is 1.21 bits per heavy atom. The van der Waals surface area contributed by atoms with Gasteiger partial charge in [-0.15, -0.1) is 0 Å². The van der Waals surface area contributed by atoms with Crippen LogP contribution < -0.4 is 9.47 Å². The summed E-state index contributed by atoms with van der Waals surface area (Å²) in [6.45, 7) is 6.00. The Labute approximate surface area is 93.4 Å². The lowest BCUT2D eigenvalue weighted by atomic mass is 10.2. The Morgan fingerprint density at radius 3 is 2.36 bits per heavy atom. The van der Waals surface area contributed by atoms with Gasteiger partial charge in [-0.2, -0.15) is 0 Å². The van der Waals surface area contributed by atoms with Crippen LogP contribution in [0.4, 0.5) is 0 Å². The molecule has 0 atom stereocenters. The molecule has 0 spiro atoms. The van der Waals surface area contributed by atoms with E-state index in [0.717, 1.165) is 21.5 Å². The molecule has 1 aromatic carbocycles. The van der Waals surface area contributed by atoms with E-state index in [9.17, 15) is 0 Å². The minimum atomic E-state index is 0.165. The molecule has 0 amide bonds. The molecule has 0 aliphatic heterocycles. The van der Waals surface area contributed by atoms with E-state index in [4.69, 9.17) is 9.47 Å². The monoisotopic (exact) mass is 258 g/mol. The fourth-order valence-corrected chi connectivity index (χ4v) is 1.75. The molecule has 0 heterocycles. The van der Waals surface area contributed by atoms with E-state index in [1.165, 1.54) is 0 Å². The number of hydrogen-bond acceptors (Lipinski definition) is 2. The lowest BCUT2D eigenvalue weighted by molar-refractivity contribution is 0.239. The largest absolute Gasteiger partial charge is 0.496 e. The van der Waals surface area contributed by atoms with Gasteiger partial charge in [0, 0.05) is 6.07 Å². The molecule has 0 fully saturated rings. The van der Waals surface area contributed by atoms with Crippen molar-refractivity contribution in [3.8, 4) is 11.5 Å². The molecule has 0 radical (unpaired) electrons. The Morgan fingerprint density at radius 2 is 1.86 bits per heavy atom. The van der Waals surface area contributed by atoms with Gasteiger partial charge in [0.2, 0.25) is 0 Å². The summed E-state index contributed by atoms with van der Waals surface area (Å²) in [6.07, 6.45) is 0.165. The molecule has 78 valence electrons. The summed E-state index contributed by atoms with van der Waals surface area (Å²) in [4.78, 5) is 0. The van der Waals surface area contributed by atoms with Crippen LogP contribution in [0.25, 0.3) is 0 Å². The van der Waals surface area contributed by atoms with Gasteiger partial charge in [0.15, 0.2) is 0 Å². The number of halogens is 1. The third-order valence-corrected chi connectivity index (χ3v) is 2.43. The van der Waals surface area contributed by atoms with Crippen LogP contribution in [-0.4, -0.2) is 13.2 Å². The van der Waals surface area contributed by atoms with Crippen LogP contribution in [0.2, 0.25) is 0 Å². The molecule has 0 bridgehead atoms. The van der Waals surface area contributed by atoms with Crippen LogP contribution in [0, 0.1) is 6.92 Å². The van der Waals surface area contributed by atoms with Crippen molar-refractivity contribution in [3.05, 3.63) is 22.2 Å². The molecule has 0 N–H and O–H groups in total. The number of rotatable bonds is 3. The van der Waals surface area contributed by atoms with Crippen molar-refractivity contribution in [1.29, 1.82) is 0 Å². The first-order chi connectivity index (χ1) is 6.54. The van der Waals surface area contributed by atoms with Crippen molar-refractivity contribution in [2.24, 2.45) is 0 Å². The van der Waals surface area contributed by atoms with Gasteiger partial charge in [-0.05, 0) is 48.3 Å². The summed E-state index contributed by atoms with van der Waals surface area (Å²) in [7, 11) is 1.66. The predicted octanol–water partition coefficient (Wildman–Crippen LogP) is 3.55. The Bertz CT molecular complexity index is 321. The van der Waals surface area contributed by atoms with Crippen LogP contribution in [0.3, 0.4) is 0 Å². The van der Waals surface area contributed by atoms with Crippen molar-refractivity contribution in [2.75, 3.05) is 7.11 Å². The number of aryl methyl sites for hydroxylation is 1. The van der Waals surface area contributed by atoms with Gasteiger partial charge in [-0.25, -0.2) is 0 Å². The summed E-state index contributed by atoms with van der Waals surface area (Å²) in [6, 6.07) is 3.90. The highest BCUT2D eigenvalue weighted by molar-refractivity contribution is 9.10. The molecular weight excluding hydrogens is 244 g/mol. The lowest BCUT2D eigenvalue weighted by Crippen LogP contribution is -2.06. The van der Waals surface area contributed by atoms with Gasteiger partial charge >= 0.3 is 0 Å². The summed E-state index contributed by atoms with van der Waals surface area (Å²) < 4.78 is 11.8. The SMILES string of the molecule is COc1cc(OC(C)C)c(Br)cc1C. The van der Waals surface area contributed by atoms with E-state index in [0.29, 0.717) is 0 Å². The maximum atomic E-state index is 5.62. The normalized spacial score (nSPS) is 10.4. The van der Waals surface area contributed by atoms with E-state index >= 15 is 0 Å². The molecule has 0 unspecified atom stereocenters. The van der Waals surface area contributed by atoms with E-state index in [1.807, 2.05) is 32.9 Å². The predicted molar refractivity (Wildman–Crippen MR) is 61.2 cm³/mol. The molecule has 3 heteroatoms. The summed E-state index contributed by atoms with van der Waals surface area (Å²) >= 11 is 3.46.